The molecule has 3 aromatic rings. The summed E-state index contributed by atoms with van der Waals surface area (Å²) in [6.45, 7) is 7.03. The minimum absolute atomic E-state index is 0.0179. The molecule has 0 spiro atoms. The van der Waals surface area contributed by atoms with Gasteiger partial charge in [-0.25, -0.2) is 4.39 Å². The summed E-state index contributed by atoms with van der Waals surface area (Å²) in [6, 6.07) is 5.97. The number of rotatable bonds is 7. The van der Waals surface area contributed by atoms with Crippen LogP contribution in [0.1, 0.15) is 70.6 Å². The van der Waals surface area contributed by atoms with Crippen LogP contribution >= 0.6 is 0 Å². The summed E-state index contributed by atoms with van der Waals surface area (Å²) in [5, 5.41) is 4.05. The van der Waals surface area contributed by atoms with Crippen molar-refractivity contribution in [3.05, 3.63) is 58.5 Å². The van der Waals surface area contributed by atoms with Crippen LogP contribution in [-0.2, 0) is 6.42 Å². The van der Waals surface area contributed by atoms with E-state index in [0.717, 1.165) is 30.6 Å². The van der Waals surface area contributed by atoms with Crippen molar-refractivity contribution in [1.82, 2.24) is 20.0 Å². The maximum Gasteiger partial charge on any atom is 0.231 e. The van der Waals surface area contributed by atoms with Crippen LogP contribution in [0.25, 0.3) is 11.4 Å². The third-order valence-electron chi connectivity index (χ3n) is 6.04. The average molecular weight is 439 g/mol. The van der Waals surface area contributed by atoms with E-state index in [0.29, 0.717) is 41.5 Å². The number of aryl methyl sites for hydroxylation is 1. The van der Waals surface area contributed by atoms with Crippen molar-refractivity contribution in [2.45, 2.75) is 46.0 Å². The zero-order valence-electron chi connectivity index (χ0n) is 18.6. The molecule has 0 bridgehead atoms. The number of nitrogens with zero attached hydrogens (tertiary/aromatic N) is 3. The van der Waals surface area contributed by atoms with Gasteiger partial charge in [-0.2, -0.15) is 4.98 Å². The van der Waals surface area contributed by atoms with Crippen LogP contribution in [0.15, 0.2) is 28.8 Å². The van der Waals surface area contributed by atoms with E-state index in [4.69, 9.17) is 4.52 Å². The number of hydrogen-bond donors (Lipinski definition) is 1. The highest BCUT2D eigenvalue weighted by atomic mass is 19.1. The van der Waals surface area contributed by atoms with Crippen molar-refractivity contribution >= 4 is 11.6 Å². The first kappa shape index (κ1) is 22.1. The zero-order valence-corrected chi connectivity index (χ0v) is 18.6. The Kier molecular flexibility index (Phi) is 6.32. The quantitative estimate of drug-likeness (QED) is 0.552. The van der Waals surface area contributed by atoms with Crippen LogP contribution in [0.3, 0.4) is 0 Å². The van der Waals surface area contributed by atoms with Gasteiger partial charge in [-0.05, 0) is 69.5 Å². The maximum atomic E-state index is 13.2. The Hall–Kier alpha value is -3.13. The van der Waals surface area contributed by atoms with Gasteiger partial charge in [0, 0.05) is 23.4 Å². The lowest BCUT2D eigenvalue weighted by Gasteiger charge is -2.30. The summed E-state index contributed by atoms with van der Waals surface area (Å²) in [5.41, 5.74) is 3.41. The van der Waals surface area contributed by atoms with Gasteiger partial charge >= 0.3 is 0 Å². The maximum absolute atomic E-state index is 13.2. The van der Waals surface area contributed by atoms with Crippen LogP contribution < -0.4 is 0 Å². The molecule has 1 N–H and O–H groups in total. The molecule has 0 amide bonds. The minimum atomic E-state index is -0.316. The number of H-pyrrole nitrogens is 1. The molecule has 2 aromatic heterocycles. The number of ketones is 2. The molecule has 3 heterocycles. The zero-order chi connectivity index (χ0) is 22.8. The fraction of sp³-hybridized carbons (Fsp3) is 0.417. The number of aromatic nitrogens is 3. The van der Waals surface area contributed by atoms with Gasteiger partial charge in [-0.15, -0.1) is 0 Å². The van der Waals surface area contributed by atoms with E-state index in [2.05, 4.69) is 20.0 Å². The molecule has 0 radical (unpaired) electrons. The second-order valence-corrected chi connectivity index (χ2v) is 8.35. The molecule has 1 aromatic carbocycles. The fourth-order valence-corrected chi connectivity index (χ4v) is 4.54. The van der Waals surface area contributed by atoms with Gasteiger partial charge in [0.25, 0.3) is 0 Å². The van der Waals surface area contributed by atoms with E-state index >= 15 is 0 Å². The monoisotopic (exact) mass is 438 g/mol. The molecule has 7 nitrogen and oxygen atoms in total. The molecule has 1 saturated heterocycles. The molecular formula is C24H27FN4O3. The lowest BCUT2D eigenvalue weighted by atomic mass is 9.97. The summed E-state index contributed by atoms with van der Waals surface area (Å²) in [4.78, 5) is 34.8. The fourth-order valence-electron chi connectivity index (χ4n) is 4.54. The number of benzene rings is 1. The second kappa shape index (κ2) is 9.16. The first-order valence-electron chi connectivity index (χ1n) is 10.9. The molecule has 1 atom stereocenters. The topological polar surface area (TPSA) is 92.1 Å². The number of piperidine rings is 1. The lowest BCUT2D eigenvalue weighted by molar-refractivity contribution is 0.0893. The Morgan fingerprint density at radius 1 is 1.28 bits per heavy atom. The molecule has 0 aliphatic carbocycles. The van der Waals surface area contributed by atoms with E-state index in [1.54, 1.807) is 12.1 Å². The van der Waals surface area contributed by atoms with Crippen molar-refractivity contribution < 1.29 is 18.5 Å². The van der Waals surface area contributed by atoms with Gasteiger partial charge in [-0.1, -0.05) is 12.1 Å². The van der Waals surface area contributed by atoms with Gasteiger partial charge in [0.2, 0.25) is 11.7 Å². The average Bonchev–Trinajstić information content (AvgIpc) is 3.39. The van der Waals surface area contributed by atoms with Crippen molar-refractivity contribution in [2.75, 3.05) is 19.6 Å². The van der Waals surface area contributed by atoms with E-state index in [1.807, 2.05) is 13.8 Å². The first-order valence-corrected chi connectivity index (χ1v) is 10.9. The predicted molar refractivity (Wildman–Crippen MR) is 117 cm³/mol. The van der Waals surface area contributed by atoms with Crippen molar-refractivity contribution in [3.63, 3.8) is 0 Å². The van der Waals surface area contributed by atoms with Crippen LogP contribution in [-0.4, -0.2) is 51.2 Å². The van der Waals surface area contributed by atoms with Gasteiger partial charge < -0.3 is 9.51 Å². The molecule has 1 fully saturated rings. The van der Waals surface area contributed by atoms with E-state index in [9.17, 15) is 14.0 Å². The predicted octanol–water partition coefficient (Wildman–Crippen LogP) is 4.34. The van der Waals surface area contributed by atoms with Gasteiger partial charge in [0.15, 0.2) is 11.6 Å². The third-order valence-corrected chi connectivity index (χ3v) is 6.04. The van der Waals surface area contributed by atoms with Crippen LogP contribution in [0, 0.1) is 12.7 Å². The largest absolute Gasteiger partial charge is 0.355 e. The summed E-state index contributed by atoms with van der Waals surface area (Å²) >= 11 is 0. The van der Waals surface area contributed by atoms with Crippen molar-refractivity contribution in [1.29, 1.82) is 0 Å². The summed E-state index contributed by atoms with van der Waals surface area (Å²) in [5.74, 6) is 0.632. The highest BCUT2D eigenvalue weighted by Crippen LogP contribution is 2.28. The van der Waals surface area contributed by atoms with E-state index < -0.39 is 0 Å². The van der Waals surface area contributed by atoms with Gasteiger partial charge in [-0.3, -0.25) is 14.5 Å². The summed E-state index contributed by atoms with van der Waals surface area (Å²) < 4.78 is 18.7. The molecule has 1 unspecified atom stereocenters. The van der Waals surface area contributed by atoms with Gasteiger partial charge in [0.1, 0.15) is 5.82 Å². The third kappa shape index (κ3) is 4.41. The number of halogens is 1. The number of carbonyl (C=O) groups is 2. The highest BCUT2D eigenvalue weighted by Gasteiger charge is 2.29. The Balaban J connectivity index is 1.46. The molecule has 168 valence electrons. The molecular weight excluding hydrogens is 411 g/mol. The molecule has 4 rings (SSSR count). The van der Waals surface area contributed by atoms with E-state index in [-0.39, 0.29) is 29.8 Å². The van der Waals surface area contributed by atoms with Crippen molar-refractivity contribution in [3.8, 4) is 11.4 Å². The number of carbonyl (C=O) groups excluding carboxylic acids is 2. The Morgan fingerprint density at radius 3 is 2.72 bits per heavy atom. The SMILES string of the molecule is CCc1c(C(=O)CN2CCCC(c3nc(-c4ccc(F)cc4)no3)C2)[nH]c(C)c1C(C)=O. The lowest BCUT2D eigenvalue weighted by Crippen LogP contribution is -2.38. The Bertz CT molecular complexity index is 1130. The molecule has 8 heteroatoms. The second-order valence-electron chi connectivity index (χ2n) is 8.35. The van der Waals surface area contributed by atoms with Crippen molar-refractivity contribution in [2.24, 2.45) is 0 Å². The Labute approximate surface area is 186 Å². The number of Topliss-reactive ketones (excluding diaryl/α,β-unsaturated/α-hetero) is 2. The number of aromatic amines is 1. The van der Waals surface area contributed by atoms with Crippen LogP contribution in [0.4, 0.5) is 4.39 Å². The Morgan fingerprint density at radius 2 is 2.03 bits per heavy atom. The molecule has 1 aliphatic rings. The number of hydrogen-bond acceptors (Lipinski definition) is 6. The first-order chi connectivity index (χ1) is 15.4. The van der Waals surface area contributed by atoms with E-state index in [1.165, 1.54) is 19.1 Å². The molecule has 0 saturated carbocycles. The minimum Gasteiger partial charge on any atom is -0.355 e. The molecule has 1 aliphatic heterocycles. The van der Waals surface area contributed by atoms with Gasteiger partial charge in [0.05, 0.1) is 18.2 Å². The highest BCUT2D eigenvalue weighted by molar-refractivity contribution is 6.04. The van der Waals surface area contributed by atoms with Crippen LogP contribution in [0.2, 0.25) is 0 Å². The standard InChI is InChI=1S/C24H27FN4O3/c1-4-19-21(15(3)30)14(2)26-22(19)20(31)13-29-11-5-6-17(12-29)24-27-23(28-32-24)16-7-9-18(25)10-8-16/h7-10,17,26H,4-6,11-13H2,1-3H3. The summed E-state index contributed by atoms with van der Waals surface area (Å²) in [7, 11) is 0. The number of nitrogens with one attached hydrogen (secondary N) is 1. The molecule has 32 heavy (non-hydrogen) atoms. The summed E-state index contributed by atoms with van der Waals surface area (Å²) in [6.07, 6.45) is 2.43. The number of likely N-dealkylation sites (tertiary alicyclic amines) is 1. The van der Waals surface area contributed by atoms with Crippen LogP contribution in [0.5, 0.6) is 0 Å². The smallest absolute Gasteiger partial charge is 0.231 e. The normalized spacial score (nSPS) is 16.9.